The van der Waals surface area contributed by atoms with Gasteiger partial charge in [-0.25, -0.2) is 4.79 Å². The van der Waals surface area contributed by atoms with Crippen molar-refractivity contribution in [3.05, 3.63) is 0 Å². The highest BCUT2D eigenvalue weighted by Gasteiger charge is 2.24. The second-order valence-corrected chi connectivity index (χ2v) is 6.24. The van der Waals surface area contributed by atoms with E-state index in [-0.39, 0.29) is 24.2 Å². The number of carbonyl (C=O) groups is 3. The van der Waals surface area contributed by atoms with Gasteiger partial charge in [-0.05, 0) is 33.6 Å². The van der Waals surface area contributed by atoms with Crippen molar-refractivity contribution in [3.8, 4) is 0 Å². The molecule has 6 nitrogen and oxygen atoms in total. The smallest absolute Gasteiger partial charge is 0.410 e. The van der Waals surface area contributed by atoms with Crippen LogP contribution in [0, 0.1) is 5.92 Å². The molecule has 0 aromatic carbocycles. The number of hydrogen-bond acceptors (Lipinski definition) is 4. The van der Waals surface area contributed by atoms with E-state index in [2.05, 4.69) is 5.32 Å². The summed E-state index contributed by atoms with van der Waals surface area (Å²) in [4.78, 5) is 36.1. The fourth-order valence-electron chi connectivity index (χ4n) is 1.58. The zero-order valence-corrected chi connectivity index (χ0v) is 13.4. The van der Waals surface area contributed by atoms with Crippen LogP contribution in [-0.2, 0) is 14.3 Å². The highest BCUT2D eigenvalue weighted by Crippen LogP contribution is 2.09. The predicted octanol–water partition coefficient (Wildman–Crippen LogP) is 1.58. The molecule has 116 valence electrons. The van der Waals surface area contributed by atoms with Crippen LogP contribution in [0.15, 0.2) is 0 Å². The quantitative estimate of drug-likeness (QED) is 0.832. The number of amides is 2. The zero-order chi connectivity index (χ0) is 16.1. The molecule has 0 aliphatic rings. The molecule has 0 unspecified atom stereocenters. The normalized spacial score (nSPS) is 12.8. The Hall–Kier alpha value is -1.59. The van der Waals surface area contributed by atoms with Crippen LogP contribution in [0.5, 0.6) is 0 Å². The average Bonchev–Trinajstić information content (AvgIpc) is 2.22. The molecule has 0 aromatic rings. The molecule has 0 aromatic heterocycles. The summed E-state index contributed by atoms with van der Waals surface area (Å²) in [6.07, 6.45) is -0.573. The van der Waals surface area contributed by atoms with Gasteiger partial charge in [0, 0.05) is 7.05 Å². The van der Waals surface area contributed by atoms with Gasteiger partial charge in [0.1, 0.15) is 12.1 Å². The van der Waals surface area contributed by atoms with Gasteiger partial charge in [0.15, 0.2) is 5.78 Å². The third kappa shape index (κ3) is 7.11. The van der Waals surface area contributed by atoms with E-state index in [1.807, 2.05) is 13.8 Å². The van der Waals surface area contributed by atoms with Gasteiger partial charge in [-0.15, -0.1) is 0 Å². The number of ketones is 1. The second-order valence-electron chi connectivity index (χ2n) is 6.24. The molecule has 20 heavy (non-hydrogen) atoms. The van der Waals surface area contributed by atoms with E-state index in [4.69, 9.17) is 4.74 Å². The first-order chi connectivity index (χ1) is 8.94. The van der Waals surface area contributed by atoms with Crippen LogP contribution in [0.3, 0.4) is 0 Å². The SMILES string of the molecule is CC(=O)[C@@H](NC(=O)CN(C)C(=O)OC(C)(C)C)C(C)C. The number of rotatable bonds is 5. The maximum Gasteiger partial charge on any atom is 0.410 e. The highest BCUT2D eigenvalue weighted by atomic mass is 16.6. The Bertz CT molecular complexity index is 372. The summed E-state index contributed by atoms with van der Waals surface area (Å²) in [7, 11) is 1.48. The van der Waals surface area contributed by atoms with Crippen LogP contribution in [0.4, 0.5) is 4.79 Å². The van der Waals surface area contributed by atoms with E-state index in [1.54, 1.807) is 20.8 Å². The summed E-state index contributed by atoms with van der Waals surface area (Å²) < 4.78 is 5.14. The Morgan fingerprint density at radius 1 is 1.20 bits per heavy atom. The second kappa shape index (κ2) is 7.26. The van der Waals surface area contributed by atoms with Crippen molar-refractivity contribution in [2.75, 3.05) is 13.6 Å². The largest absolute Gasteiger partial charge is 0.444 e. The number of likely N-dealkylation sites (N-methyl/N-ethyl adjacent to an activating group) is 1. The van der Waals surface area contributed by atoms with E-state index in [9.17, 15) is 14.4 Å². The molecule has 0 saturated carbocycles. The number of ether oxygens (including phenoxy) is 1. The molecule has 0 saturated heterocycles. The minimum absolute atomic E-state index is 0.00304. The lowest BCUT2D eigenvalue weighted by Crippen LogP contribution is -2.48. The van der Waals surface area contributed by atoms with Crippen molar-refractivity contribution in [3.63, 3.8) is 0 Å². The molecule has 0 fully saturated rings. The van der Waals surface area contributed by atoms with E-state index in [1.165, 1.54) is 18.9 Å². The minimum Gasteiger partial charge on any atom is -0.444 e. The fourth-order valence-corrected chi connectivity index (χ4v) is 1.58. The van der Waals surface area contributed by atoms with E-state index in [0.29, 0.717) is 0 Å². The summed E-state index contributed by atoms with van der Waals surface area (Å²) >= 11 is 0. The number of carbonyl (C=O) groups excluding carboxylic acids is 3. The van der Waals surface area contributed by atoms with E-state index >= 15 is 0 Å². The Morgan fingerprint density at radius 3 is 2.05 bits per heavy atom. The summed E-state index contributed by atoms with van der Waals surface area (Å²) in [5.41, 5.74) is -0.609. The molecular weight excluding hydrogens is 260 g/mol. The number of nitrogens with one attached hydrogen (secondary N) is 1. The monoisotopic (exact) mass is 286 g/mol. The molecule has 0 rings (SSSR count). The Balaban J connectivity index is 4.46. The molecule has 0 radical (unpaired) electrons. The lowest BCUT2D eigenvalue weighted by molar-refractivity contribution is -0.128. The first-order valence-electron chi connectivity index (χ1n) is 6.68. The number of Topliss-reactive ketones (excluding diaryl/α,β-unsaturated/α-hetero) is 1. The molecule has 2 amide bonds. The van der Waals surface area contributed by atoms with Gasteiger partial charge < -0.3 is 15.0 Å². The molecule has 1 N–H and O–H groups in total. The van der Waals surface area contributed by atoms with Gasteiger partial charge in [-0.3, -0.25) is 9.59 Å². The molecular formula is C14H26N2O4. The standard InChI is InChI=1S/C14H26N2O4/c1-9(2)12(10(3)17)15-11(18)8-16(7)13(19)20-14(4,5)6/h9,12H,8H2,1-7H3,(H,15,18)/t12-/m0/s1. The lowest BCUT2D eigenvalue weighted by atomic mass is 10.0. The van der Waals surface area contributed by atoms with Crippen LogP contribution in [0.1, 0.15) is 41.5 Å². The van der Waals surface area contributed by atoms with Crippen LogP contribution in [-0.4, -0.2) is 47.9 Å². The van der Waals surface area contributed by atoms with Crippen LogP contribution < -0.4 is 5.32 Å². The predicted molar refractivity (Wildman–Crippen MR) is 76.3 cm³/mol. The van der Waals surface area contributed by atoms with Gasteiger partial charge in [0.05, 0.1) is 6.04 Å². The van der Waals surface area contributed by atoms with E-state index in [0.717, 1.165) is 0 Å². The summed E-state index contributed by atoms with van der Waals surface area (Å²) in [6, 6.07) is -0.533. The van der Waals surface area contributed by atoms with Crippen LogP contribution in [0.25, 0.3) is 0 Å². The summed E-state index contributed by atoms with van der Waals surface area (Å²) in [5, 5.41) is 2.63. The van der Waals surface area contributed by atoms with E-state index < -0.39 is 17.7 Å². The van der Waals surface area contributed by atoms with Crippen molar-refractivity contribution in [2.45, 2.75) is 53.2 Å². The van der Waals surface area contributed by atoms with Gasteiger partial charge in [0.25, 0.3) is 0 Å². The van der Waals surface area contributed by atoms with Crippen LogP contribution in [0.2, 0.25) is 0 Å². The first kappa shape index (κ1) is 18.4. The van der Waals surface area contributed by atoms with Crippen molar-refractivity contribution >= 4 is 17.8 Å². The summed E-state index contributed by atoms with van der Waals surface area (Å²) in [5.74, 6) is -0.483. The molecule has 0 aliphatic carbocycles. The van der Waals surface area contributed by atoms with Gasteiger partial charge in [-0.1, -0.05) is 13.8 Å². The Kier molecular flexibility index (Phi) is 6.68. The minimum atomic E-state index is -0.609. The van der Waals surface area contributed by atoms with Crippen molar-refractivity contribution in [1.29, 1.82) is 0 Å². The molecule has 0 heterocycles. The maximum atomic E-state index is 11.8. The van der Waals surface area contributed by atoms with Gasteiger partial charge in [0.2, 0.25) is 5.91 Å². The van der Waals surface area contributed by atoms with Crippen molar-refractivity contribution in [1.82, 2.24) is 10.2 Å². The van der Waals surface area contributed by atoms with Crippen molar-refractivity contribution < 1.29 is 19.1 Å². The molecule has 1 atom stereocenters. The lowest BCUT2D eigenvalue weighted by Gasteiger charge is -2.25. The topological polar surface area (TPSA) is 75.7 Å². The Labute approximate surface area is 120 Å². The summed E-state index contributed by atoms with van der Waals surface area (Å²) in [6.45, 7) is 10.2. The molecule has 0 bridgehead atoms. The fraction of sp³-hybridized carbons (Fsp3) is 0.786. The van der Waals surface area contributed by atoms with Gasteiger partial charge in [-0.2, -0.15) is 0 Å². The third-order valence-corrected chi connectivity index (χ3v) is 2.51. The Morgan fingerprint density at radius 2 is 1.70 bits per heavy atom. The van der Waals surface area contributed by atoms with Crippen LogP contribution >= 0.6 is 0 Å². The number of nitrogens with zero attached hydrogens (tertiary/aromatic N) is 1. The number of hydrogen-bond donors (Lipinski definition) is 1. The highest BCUT2D eigenvalue weighted by molar-refractivity contribution is 5.89. The maximum absolute atomic E-state index is 11.8. The zero-order valence-electron chi connectivity index (χ0n) is 13.4. The molecule has 0 aliphatic heterocycles. The van der Waals surface area contributed by atoms with Crippen molar-refractivity contribution in [2.24, 2.45) is 5.92 Å². The van der Waals surface area contributed by atoms with Gasteiger partial charge >= 0.3 is 6.09 Å². The third-order valence-electron chi connectivity index (χ3n) is 2.51. The average molecular weight is 286 g/mol. The first-order valence-corrected chi connectivity index (χ1v) is 6.68. The molecule has 6 heteroatoms. The molecule has 0 spiro atoms.